The normalized spacial score (nSPS) is 19.3. The molecule has 1 saturated heterocycles. The molecule has 6 heteroatoms. The van der Waals surface area contributed by atoms with E-state index in [1.807, 2.05) is 24.3 Å². The maximum Gasteiger partial charge on any atom is 0.303 e. The molecule has 1 aliphatic rings. The molecule has 4 rings (SSSR count). The molecule has 2 aromatic carbocycles. The molecule has 2 heterocycles. The number of benzene rings is 2. The number of methoxy groups -OCH3 is 1. The summed E-state index contributed by atoms with van der Waals surface area (Å²) in [6, 6.07) is 16.2. The number of hydrogen-bond acceptors (Lipinski definition) is 5. The number of pyridine rings is 1. The molecule has 1 aliphatic heterocycles. The van der Waals surface area contributed by atoms with Crippen molar-refractivity contribution in [1.82, 2.24) is 9.88 Å². The fraction of sp³-hybridized carbons (Fsp3) is 0.467. The van der Waals surface area contributed by atoms with E-state index < -0.39 is 12.1 Å². The van der Waals surface area contributed by atoms with Crippen molar-refractivity contribution in [3.05, 3.63) is 71.4 Å². The summed E-state index contributed by atoms with van der Waals surface area (Å²) in [5.74, 6) is 0.405. The van der Waals surface area contributed by atoms with Crippen LogP contribution in [0.15, 0.2) is 54.7 Å². The van der Waals surface area contributed by atoms with Crippen LogP contribution in [0.25, 0.3) is 10.9 Å². The first-order valence-corrected chi connectivity index (χ1v) is 13.0. The van der Waals surface area contributed by atoms with Crippen molar-refractivity contribution in [3.63, 3.8) is 0 Å². The van der Waals surface area contributed by atoms with Crippen LogP contribution in [0.1, 0.15) is 54.9 Å². The van der Waals surface area contributed by atoms with Crippen molar-refractivity contribution in [2.45, 2.75) is 51.6 Å². The van der Waals surface area contributed by atoms with Gasteiger partial charge in [-0.25, -0.2) is 0 Å². The number of carboxylic acids is 1. The lowest BCUT2D eigenvalue weighted by Crippen LogP contribution is -2.42. The highest BCUT2D eigenvalue weighted by molar-refractivity contribution is 5.83. The molecule has 3 atom stereocenters. The van der Waals surface area contributed by atoms with Gasteiger partial charge >= 0.3 is 5.97 Å². The smallest absolute Gasteiger partial charge is 0.303 e. The first kappa shape index (κ1) is 26.1. The molecule has 1 fully saturated rings. The van der Waals surface area contributed by atoms with Gasteiger partial charge in [0.25, 0.3) is 0 Å². The fourth-order valence-corrected chi connectivity index (χ4v) is 5.66. The number of fused-ring (bicyclic) bond motifs is 1. The number of aliphatic hydroxyl groups is 1. The van der Waals surface area contributed by atoms with E-state index in [1.165, 1.54) is 11.1 Å². The number of aliphatic hydroxyl groups excluding tert-OH is 1. The number of piperidine rings is 1. The average Bonchev–Trinajstić information content (AvgIpc) is 2.87. The first-order chi connectivity index (χ1) is 17.4. The van der Waals surface area contributed by atoms with Crippen LogP contribution in [0.3, 0.4) is 0 Å². The van der Waals surface area contributed by atoms with Gasteiger partial charge in [0.1, 0.15) is 5.75 Å². The van der Waals surface area contributed by atoms with Crippen LogP contribution < -0.4 is 4.74 Å². The SMILES string of the molecule is COc1ccc2nccc([C@H](O)CC[C@@H]3CCN(CCCc4cccc(C)c4)C[C@@H]3CC(=O)O)c2c1. The molecule has 0 unspecified atom stereocenters. The molecule has 0 saturated carbocycles. The number of nitrogens with zero attached hydrogens (tertiary/aromatic N) is 2. The predicted octanol–water partition coefficient (Wildman–Crippen LogP) is 5.41. The van der Waals surface area contributed by atoms with Crippen LogP contribution in [0.4, 0.5) is 0 Å². The Kier molecular flexibility index (Phi) is 8.94. The number of carbonyl (C=O) groups is 1. The van der Waals surface area contributed by atoms with Gasteiger partial charge in [-0.2, -0.15) is 0 Å². The highest BCUT2D eigenvalue weighted by atomic mass is 16.5. The molecule has 0 aliphatic carbocycles. The van der Waals surface area contributed by atoms with E-state index in [9.17, 15) is 15.0 Å². The molecule has 3 aromatic rings. The maximum atomic E-state index is 11.6. The Balaban J connectivity index is 1.34. The molecular weight excluding hydrogens is 452 g/mol. The zero-order chi connectivity index (χ0) is 25.5. The Labute approximate surface area is 213 Å². The lowest BCUT2D eigenvalue weighted by atomic mass is 9.79. The van der Waals surface area contributed by atoms with Gasteiger partial charge in [0.05, 0.1) is 18.7 Å². The molecule has 2 N–H and O–H groups in total. The second-order valence-corrected chi connectivity index (χ2v) is 10.2. The highest BCUT2D eigenvalue weighted by Gasteiger charge is 2.31. The maximum absolute atomic E-state index is 11.6. The van der Waals surface area contributed by atoms with E-state index in [4.69, 9.17) is 4.74 Å². The third-order valence-corrected chi connectivity index (χ3v) is 7.59. The van der Waals surface area contributed by atoms with Crippen LogP contribution >= 0.6 is 0 Å². The summed E-state index contributed by atoms with van der Waals surface area (Å²) >= 11 is 0. The van der Waals surface area contributed by atoms with Crippen molar-refractivity contribution in [1.29, 1.82) is 0 Å². The van der Waals surface area contributed by atoms with Gasteiger partial charge in [-0.05, 0) is 99.3 Å². The van der Waals surface area contributed by atoms with Gasteiger partial charge < -0.3 is 19.8 Å². The minimum atomic E-state index is -0.737. The Hall–Kier alpha value is -2.96. The minimum absolute atomic E-state index is 0.108. The van der Waals surface area contributed by atoms with Crippen molar-refractivity contribution in [2.75, 3.05) is 26.7 Å². The van der Waals surface area contributed by atoms with Crippen LogP contribution in [-0.2, 0) is 11.2 Å². The number of likely N-dealkylation sites (tertiary alicyclic amines) is 1. The summed E-state index contributed by atoms with van der Waals surface area (Å²) in [4.78, 5) is 18.5. The van der Waals surface area contributed by atoms with Gasteiger partial charge in [-0.3, -0.25) is 9.78 Å². The van der Waals surface area contributed by atoms with E-state index >= 15 is 0 Å². The minimum Gasteiger partial charge on any atom is -0.497 e. The summed E-state index contributed by atoms with van der Waals surface area (Å²) in [7, 11) is 1.63. The molecule has 0 bridgehead atoms. The summed E-state index contributed by atoms with van der Waals surface area (Å²) in [6.07, 6.45) is 5.79. The summed E-state index contributed by atoms with van der Waals surface area (Å²) in [5, 5.41) is 21.5. The van der Waals surface area contributed by atoms with Crippen LogP contribution in [0.2, 0.25) is 0 Å². The quantitative estimate of drug-likeness (QED) is 0.374. The Morgan fingerprint density at radius 1 is 1.19 bits per heavy atom. The highest BCUT2D eigenvalue weighted by Crippen LogP contribution is 2.34. The third-order valence-electron chi connectivity index (χ3n) is 7.59. The second-order valence-electron chi connectivity index (χ2n) is 10.2. The fourth-order valence-electron chi connectivity index (χ4n) is 5.66. The van der Waals surface area contributed by atoms with Crippen LogP contribution in [0.5, 0.6) is 5.75 Å². The van der Waals surface area contributed by atoms with E-state index in [0.29, 0.717) is 12.3 Å². The molecule has 36 heavy (non-hydrogen) atoms. The number of carboxylic acid groups (broad SMARTS) is 1. The summed E-state index contributed by atoms with van der Waals surface area (Å²) < 4.78 is 5.36. The van der Waals surface area contributed by atoms with E-state index in [2.05, 4.69) is 41.1 Å². The molecule has 0 radical (unpaired) electrons. The van der Waals surface area contributed by atoms with Crippen molar-refractivity contribution in [2.24, 2.45) is 11.8 Å². The molecule has 192 valence electrons. The van der Waals surface area contributed by atoms with Gasteiger partial charge in [0.15, 0.2) is 0 Å². The third kappa shape index (κ3) is 6.83. The van der Waals surface area contributed by atoms with Crippen LogP contribution in [0, 0.1) is 18.8 Å². The van der Waals surface area contributed by atoms with Crippen molar-refractivity contribution in [3.8, 4) is 5.75 Å². The van der Waals surface area contributed by atoms with E-state index in [0.717, 1.165) is 67.5 Å². The van der Waals surface area contributed by atoms with E-state index in [1.54, 1.807) is 13.3 Å². The number of hydrogen-bond donors (Lipinski definition) is 2. The van der Waals surface area contributed by atoms with Gasteiger partial charge in [-0.1, -0.05) is 29.8 Å². The molecule has 0 amide bonds. The lowest BCUT2D eigenvalue weighted by Gasteiger charge is -2.38. The average molecular weight is 491 g/mol. The molecular formula is C30H38N2O4. The predicted molar refractivity (Wildman–Crippen MR) is 142 cm³/mol. The van der Waals surface area contributed by atoms with Crippen LogP contribution in [-0.4, -0.2) is 52.8 Å². The first-order valence-electron chi connectivity index (χ1n) is 13.0. The zero-order valence-corrected chi connectivity index (χ0v) is 21.4. The number of ether oxygens (including phenoxy) is 1. The molecule has 6 nitrogen and oxygen atoms in total. The lowest BCUT2D eigenvalue weighted by molar-refractivity contribution is -0.139. The van der Waals surface area contributed by atoms with E-state index in [-0.39, 0.29) is 12.3 Å². The Morgan fingerprint density at radius 3 is 2.83 bits per heavy atom. The second kappa shape index (κ2) is 12.3. The zero-order valence-electron chi connectivity index (χ0n) is 21.4. The molecule has 1 aromatic heterocycles. The number of aromatic nitrogens is 1. The largest absolute Gasteiger partial charge is 0.497 e. The Bertz CT molecular complexity index is 1160. The van der Waals surface area contributed by atoms with Gasteiger partial charge in [0, 0.05) is 24.5 Å². The van der Waals surface area contributed by atoms with Crippen molar-refractivity contribution < 1.29 is 19.7 Å². The summed E-state index contributed by atoms with van der Waals surface area (Å²) in [5.41, 5.74) is 4.33. The summed E-state index contributed by atoms with van der Waals surface area (Å²) in [6.45, 7) is 4.91. The topological polar surface area (TPSA) is 82.9 Å². The van der Waals surface area contributed by atoms with Gasteiger partial charge in [0.2, 0.25) is 0 Å². The van der Waals surface area contributed by atoms with Crippen molar-refractivity contribution >= 4 is 16.9 Å². The standard InChI is InChI=1S/C30H38N2O4/c1-21-5-3-6-22(17-21)7-4-15-32-16-13-23(24(20-32)18-30(34)35)8-11-29(33)26-12-14-31-28-10-9-25(36-2)19-27(26)28/h3,5-6,9-10,12,14,17,19,23-24,29,33H,4,7-8,11,13,15-16,18,20H2,1-2H3,(H,34,35)/t23-,24+,29-/m1/s1. The Morgan fingerprint density at radius 2 is 2.06 bits per heavy atom. The number of aliphatic carboxylic acids is 1. The number of rotatable bonds is 11. The monoisotopic (exact) mass is 490 g/mol. The van der Waals surface area contributed by atoms with Gasteiger partial charge in [-0.15, -0.1) is 0 Å². The molecule has 0 spiro atoms. The number of aryl methyl sites for hydroxylation is 2.